The van der Waals surface area contributed by atoms with Crippen LogP contribution in [0.25, 0.3) is 0 Å². The number of hydrogen-bond acceptors (Lipinski definition) is 4. The van der Waals surface area contributed by atoms with E-state index in [4.69, 9.17) is 0 Å². The summed E-state index contributed by atoms with van der Waals surface area (Å²) in [6.07, 6.45) is 0. The van der Waals surface area contributed by atoms with Gasteiger partial charge in [0.2, 0.25) is 0 Å². The fourth-order valence-electron chi connectivity index (χ4n) is 2.63. The van der Waals surface area contributed by atoms with Crippen LogP contribution in [0.1, 0.15) is 26.3 Å². The minimum atomic E-state index is -3.89. The maximum absolute atomic E-state index is 12.7. The molecule has 0 aliphatic heterocycles. The Morgan fingerprint density at radius 1 is 0.833 bits per heavy atom. The molecule has 0 atom stereocenters. The lowest BCUT2D eigenvalue weighted by atomic mass is 10.2. The molecule has 0 spiro atoms. The number of carbonyl (C=O) groups is 2. The standard InChI is InChI=1S/C21H18BrN3O4S/c1-14-6-4-8-16(12-14)25-30(28,29)17-9-5-7-15(13-17)20(26)23-24-21(27)18-10-2-3-11-19(18)22/h2-13,25H,1H3,(H,23,26)(H,24,27). The van der Waals surface area contributed by atoms with Crippen molar-refractivity contribution < 1.29 is 18.0 Å². The Bertz CT molecular complexity index is 1210. The van der Waals surface area contributed by atoms with Gasteiger partial charge in [0.25, 0.3) is 21.8 Å². The SMILES string of the molecule is Cc1cccc(NS(=O)(=O)c2cccc(C(=O)NNC(=O)c3ccccc3Br)c2)c1. The van der Waals surface area contributed by atoms with Crippen molar-refractivity contribution in [1.82, 2.24) is 10.9 Å². The van der Waals surface area contributed by atoms with Gasteiger partial charge >= 0.3 is 0 Å². The molecule has 7 nitrogen and oxygen atoms in total. The summed E-state index contributed by atoms with van der Waals surface area (Å²) in [7, 11) is -3.89. The molecule has 0 aliphatic rings. The third-order valence-corrected chi connectivity index (χ3v) is 6.16. The number of benzene rings is 3. The number of rotatable bonds is 5. The molecule has 154 valence electrons. The van der Waals surface area contributed by atoms with E-state index < -0.39 is 21.8 Å². The summed E-state index contributed by atoms with van der Waals surface area (Å²) < 4.78 is 28.4. The first-order valence-electron chi connectivity index (χ1n) is 8.81. The van der Waals surface area contributed by atoms with Crippen molar-refractivity contribution in [2.45, 2.75) is 11.8 Å². The van der Waals surface area contributed by atoms with Crippen LogP contribution >= 0.6 is 15.9 Å². The molecular formula is C21H18BrN3O4S. The second-order valence-electron chi connectivity index (χ2n) is 6.39. The average Bonchev–Trinajstić information content (AvgIpc) is 2.72. The van der Waals surface area contributed by atoms with Crippen LogP contribution in [0.4, 0.5) is 5.69 Å². The third kappa shape index (κ3) is 5.25. The Hall–Kier alpha value is -3.17. The first-order chi connectivity index (χ1) is 14.3. The highest BCUT2D eigenvalue weighted by atomic mass is 79.9. The van der Waals surface area contributed by atoms with Crippen molar-refractivity contribution >= 4 is 43.5 Å². The van der Waals surface area contributed by atoms with E-state index in [0.717, 1.165) is 5.56 Å². The van der Waals surface area contributed by atoms with Crippen molar-refractivity contribution in [2.24, 2.45) is 0 Å². The molecule has 0 aliphatic carbocycles. The van der Waals surface area contributed by atoms with Gasteiger partial charge < -0.3 is 0 Å². The van der Waals surface area contributed by atoms with Crippen LogP contribution in [0.3, 0.4) is 0 Å². The fourth-order valence-corrected chi connectivity index (χ4v) is 4.19. The number of hydrazine groups is 1. The van der Waals surface area contributed by atoms with E-state index in [9.17, 15) is 18.0 Å². The van der Waals surface area contributed by atoms with Crippen molar-refractivity contribution in [2.75, 3.05) is 4.72 Å². The normalized spacial score (nSPS) is 10.9. The number of nitrogens with one attached hydrogen (secondary N) is 3. The monoisotopic (exact) mass is 487 g/mol. The number of halogens is 1. The van der Waals surface area contributed by atoms with Gasteiger partial charge in [-0.2, -0.15) is 0 Å². The van der Waals surface area contributed by atoms with Gasteiger partial charge in [0, 0.05) is 15.7 Å². The molecule has 9 heteroatoms. The zero-order chi connectivity index (χ0) is 21.7. The first-order valence-corrected chi connectivity index (χ1v) is 11.1. The molecule has 3 aromatic rings. The fraction of sp³-hybridized carbons (Fsp3) is 0.0476. The summed E-state index contributed by atoms with van der Waals surface area (Å²) in [5.74, 6) is -1.16. The molecule has 3 rings (SSSR count). The van der Waals surface area contributed by atoms with Gasteiger partial charge in [0.1, 0.15) is 0 Å². The number of anilines is 1. The number of carbonyl (C=O) groups excluding carboxylic acids is 2. The molecule has 0 radical (unpaired) electrons. The Morgan fingerprint density at radius 2 is 1.53 bits per heavy atom. The van der Waals surface area contributed by atoms with Crippen LogP contribution in [0.15, 0.2) is 82.2 Å². The molecule has 0 bridgehead atoms. The van der Waals surface area contributed by atoms with Gasteiger partial charge in [-0.05, 0) is 70.9 Å². The Kier molecular flexibility index (Phi) is 6.53. The van der Waals surface area contributed by atoms with E-state index in [1.807, 2.05) is 13.0 Å². The molecule has 0 unspecified atom stereocenters. The number of hydrogen-bond donors (Lipinski definition) is 3. The van der Waals surface area contributed by atoms with Crippen LogP contribution in [-0.4, -0.2) is 20.2 Å². The van der Waals surface area contributed by atoms with Gasteiger partial charge in [0.15, 0.2) is 0 Å². The van der Waals surface area contributed by atoms with Crippen molar-refractivity contribution in [1.29, 1.82) is 0 Å². The Labute approximate surface area is 182 Å². The van der Waals surface area contributed by atoms with Gasteiger partial charge in [-0.25, -0.2) is 8.42 Å². The minimum Gasteiger partial charge on any atom is -0.280 e. The maximum atomic E-state index is 12.7. The molecule has 0 aromatic heterocycles. The molecule has 2 amide bonds. The maximum Gasteiger partial charge on any atom is 0.270 e. The molecule has 3 N–H and O–H groups in total. The predicted octanol–water partition coefficient (Wildman–Crippen LogP) is 3.63. The molecule has 3 aromatic carbocycles. The van der Waals surface area contributed by atoms with Crippen molar-refractivity contribution in [3.63, 3.8) is 0 Å². The van der Waals surface area contributed by atoms with Gasteiger partial charge in [0.05, 0.1) is 10.5 Å². The van der Waals surface area contributed by atoms with Gasteiger partial charge in [-0.1, -0.05) is 30.3 Å². The van der Waals surface area contributed by atoms with E-state index in [0.29, 0.717) is 15.7 Å². The lowest BCUT2D eigenvalue weighted by molar-refractivity contribution is 0.0846. The molecule has 0 saturated heterocycles. The predicted molar refractivity (Wildman–Crippen MR) is 118 cm³/mol. The van der Waals surface area contributed by atoms with E-state index >= 15 is 0 Å². The highest BCUT2D eigenvalue weighted by Crippen LogP contribution is 2.18. The zero-order valence-corrected chi connectivity index (χ0v) is 18.2. The number of sulfonamides is 1. The highest BCUT2D eigenvalue weighted by Gasteiger charge is 2.17. The van der Waals surface area contributed by atoms with Gasteiger partial charge in [-0.3, -0.25) is 25.2 Å². The Morgan fingerprint density at radius 3 is 2.27 bits per heavy atom. The van der Waals surface area contributed by atoms with E-state index in [1.165, 1.54) is 24.3 Å². The summed E-state index contributed by atoms with van der Waals surface area (Å²) >= 11 is 3.26. The second-order valence-corrected chi connectivity index (χ2v) is 8.93. The van der Waals surface area contributed by atoms with E-state index in [-0.39, 0.29) is 10.5 Å². The van der Waals surface area contributed by atoms with Crippen LogP contribution in [0.2, 0.25) is 0 Å². The number of amides is 2. The van der Waals surface area contributed by atoms with Crippen LogP contribution in [0, 0.1) is 6.92 Å². The molecule has 0 heterocycles. The summed E-state index contributed by atoms with van der Waals surface area (Å²) in [5.41, 5.74) is 6.35. The minimum absolute atomic E-state index is 0.0752. The Balaban J connectivity index is 1.72. The smallest absolute Gasteiger partial charge is 0.270 e. The van der Waals surface area contributed by atoms with Crippen LogP contribution < -0.4 is 15.6 Å². The van der Waals surface area contributed by atoms with Crippen molar-refractivity contribution in [3.05, 3.63) is 94.0 Å². The summed E-state index contributed by atoms with van der Waals surface area (Å²) in [4.78, 5) is 24.5. The molecule has 30 heavy (non-hydrogen) atoms. The summed E-state index contributed by atoms with van der Waals surface area (Å²) in [6.45, 7) is 1.85. The van der Waals surface area contributed by atoms with Crippen molar-refractivity contribution in [3.8, 4) is 0 Å². The van der Waals surface area contributed by atoms with Crippen LogP contribution in [-0.2, 0) is 10.0 Å². The van der Waals surface area contributed by atoms with E-state index in [2.05, 4.69) is 31.5 Å². The summed E-state index contributed by atoms with van der Waals surface area (Å²) in [6, 6.07) is 19.2. The topological polar surface area (TPSA) is 104 Å². The zero-order valence-electron chi connectivity index (χ0n) is 15.8. The lowest BCUT2D eigenvalue weighted by Crippen LogP contribution is -2.41. The molecule has 0 fully saturated rings. The number of aryl methyl sites for hydroxylation is 1. The van der Waals surface area contributed by atoms with Crippen LogP contribution in [0.5, 0.6) is 0 Å². The highest BCUT2D eigenvalue weighted by molar-refractivity contribution is 9.10. The van der Waals surface area contributed by atoms with E-state index in [1.54, 1.807) is 42.5 Å². The largest absolute Gasteiger partial charge is 0.280 e. The average molecular weight is 488 g/mol. The third-order valence-electron chi connectivity index (χ3n) is 4.08. The lowest BCUT2D eigenvalue weighted by Gasteiger charge is -2.11. The quantitative estimate of drug-likeness (QED) is 0.477. The van der Waals surface area contributed by atoms with Gasteiger partial charge in [-0.15, -0.1) is 0 Å². The second kappa shape index (κ2) is 9.10. The first kappa shape index (κ1) is 21.5. The molecular weight excluding hydrogens is 470 g/mol. The molecule has 0 saturated carbocycles. The summed E-state index contributed by atoms with van der Waals surface area (Å²) in [5, 5.41) is 0.